The smallest absolute Gasteiger partial charge is 0.161 e. The van der Waals surface area contributed by atoms with Gasteiger partial charge < -0.3 is 9.47 Å². The summed E-state index contributed by atoms with van der Waals surface area (Å²) in [4.78, 5) is 0. The zero-order valence-electron chi connectivity index (χ0n) is 12.9. The molecule has 0 aliphatic heterocycles. The van der Waals surface area contributed by atoms with Crippen LogP contribution in [0.5, 0.6) is 11.5 Å². The van der Waals surface area contributed by atoms with Crippen LogP contribution in [0, 0.1) is 13.8 Å². The van der Waals surface area contributed by atoms with Gasteiger partial charge in [-0.3, -0.25) is 5.84 Å². The lowest BCUT2D eigenvalue weighted by atomic mass is 9.94. The zero-order valence-corrected chi connectivity index (χ0v) is 12.9. The van der Waals surface area contributed by atoms with Crippen LogP contribution in [0.1, 0.15) is 28.3 Å². The van der Waals surface area contributed by atoms with E-state index in [1.165, 1.54) is 11.1 Å². The third kappa shape index (κ3) is 3.17. The molecule has 0 aliphatic carbocycles. The minimum atomic E-state index is -0.0922. The van der Waals surface area contributed by atoms with Crippen LogP contribution in [0.15, 0.2) is 36.4 Å². The van der Waals surface area contributed by atoms with E-state index in [1.54, 1.807) is 14.2 Å². The average molecular weight is 286 g/mol. The Balaban J connectivity index is 2.46. The second kappa shape index (κ2) is 6.61. The number of hydrogen-bond donors (Lipinski definition) is 2. The van der Waals surface area contributed by atoms with Gasteiger partial charge in [-0.15, -0.1) is 0 Å². The van der Waals surface area contributed by atoms with E-state index in [0.29, 0.717) is 11.5 Å². The monoisotopic (exact) mass is 286 g/mol. The Morgan fingerprint density at radius 2 is 1.67 bits per heavy atom. The lowest BCUT2D eigenvalue weighted by molar-refractivity contribution is 0.354. The van der Waals surface area contributed by atoms with Gasteiger partial charge in [0.25, 0.3) is 0 Å². The van der Waals surface area contributed by atoms with Gasteiger partial charge in [-0.2, -0.15) is 0 Å². The summed E-state index contributed by atoms with van der Waals surface area (Å²) in [6.45, 7) is 4.17. The Morgan fingerprint density at radius 1 is 0.952 bits per heavy atom. The summed E-state index contributed by atoms with van der Waals surface area (Å²) >= 11 is 0. The summed E-state index contributed by atoms with van der Waals surface area (Å²) in [6, 6.07) is 12.1. The average Bonchev–Trinajstić information content (AvgIpc) is 2.49. The molecule has 2 rings (SSSR count). The van der Waals surface area contributed by atoms with Crippen LogP contribution in [-0.2, 0) is 0 Å². The summed E-state index contributed by atoms with van der Waals surface area (Å²) < 4.78 is 10.6. The number of rotatable bonds is 5. The normalized spacial score (nSPS) is 12.0. The van der Waals surface area contributed by atoms with Crippen LogP contribution < -0.4 is 20.7 Å². The van der Waals surface area contributed by atoms with E-state index in [-0.39, 0.29) is 6.04 Å². The number of aryl methyl sites for hydroxylation is 2. The number of methoxy groups -OCH3 is 2. The van der Waals surface area contributed by atoms with Crippen LogP contribution in [0.4, 0.5) is 0 Å². The molecule has 2 aromatic rings. The number of nitrogens with two attached hydrogens (primary N) is 1. The lowest BCUT2D eigenvalue weighted by Gasteiger charge is -2.20. The largest absolute Gasteiger partial charge is 0.493 e. The van der Waals surface area contributed by atoms with Crippen LogP contribution in [0.25, 0.3) is 0 Å². The number of benzene rings is 2. The lowest BCUT2D eigenvalue weighted by Crippen LogP contribution is -2.29. The van der Waals surface area contributed by atoms with Gasteiger partial charge in [0.15, 0.2) is 11.5 Å². The van der Waals surface area contributed by atoms with Crippen LogP contribution in [-0.4, -0.2) is 14.2 Å². The first kappa shape index (κ1) is 15.4. The number of ether oxygens (including phenoxy) is 2. The Bertz CT molecular complexity index is 626. The predicted octanol–water partition coefficient (Wildman–Crippen LogP) is 2.87. The first-order chi connectivity index (χ1) is 10.1. The molecule has 1 atom stereocenters. The van der Waals surface area contributed by atoms with E-state index in [4.69, 9.17) is 15.3 Å². The van der Waals surface area contributed by atoms with Crippen molar-refractivity contribution < 1.29 is 9.47 Å². The number of hydrogen-bond acceptors (Lipinski definition) is 4. The van der Waals surface area contributed by atoms with Gasteiger partial charge in [-0.25, -0.2) is 5.43 Å². The molecule has 2 aromatic carbocycles. The maximum absolute atomic E-state index is 5.78. The van der Waals surface area contributed by atoms with Crippen molar-refractivity contribution >= 4 is 0 Å². The van der Waals surface area contributed by atoms with Crippen molar-refractivity contribution in [2.75, 3.05) is 14.2 Å². The molecule has 112 valence electrons. The van der Waals surface area contributed by atoms with E-state index >= 15 is 0 Å². The Morgan fingerprint density at radius 3 is 2.24 bits per heavy atom. The zero-order chi connectivity index (χ0) is 15.4. The number of hydrazine groups is 1. The maximum Gasteiger partial charge on any atom is 0.161 e. The topological polar surface area (TPSA) is 56.5 Å². The molecule has 3 N–H and O–H groups in total. The van der Waals surface area contributed by atoms with Gasteiger partial charge in [0.05, 0.1) is 20.3 Å². The van der Waals surface area contributed by atoms with Gasteiger partial charge >= 0.3 is 0 Å². The molecular formula is C17H22N2O2. The van der Waals surface area contributed by atoms with Gasteiger partial charge in [0.1, 0.15) is 0 Å². The van der Waals surface area contributed by atoms with Crippen molar-refractivity contribution in [1.29, 1.82) is 0 Å². The highest BCUT2D eigenvalue weighted by atomic mass is 16.5. The van der Waals surface area contributed by atoms with Crippen LogP contribution >= 0.6 is 0 Å². The molecule has 0 spiro atoms. The van der Waals surface area contributed by atoms with E-state index < -0.39 is 0 Å². The van der Waals surface area contributed by atoms with Gasteiger partial charge in [0, 0.05) is 0 Å². The summed E-state index contributed by atoms with van der Waals surface area (Å²) in [5, 5.41) is 0. The molecule has 4 nitrogen and oxygen atoms in total. The molecule has 0 bridgehead atoms. The maximum atomic E-state index is 5.78. The fraction of sp³-hybridized carbons (Fsp3) is 0.294. The molecule has 0 fully saturated rings. The van der Waals surface area contributed by atoms with Crippen molar-refractivity contribution in [1.82, 2.24) is 5.43 Å². The highest BCUT2D eigenvalue weighted by molar-refractivity contribution is 5.47. The third-order valence-electron chi connectivity index (χ3n) is 3.64. The molecule has 0 saturated heterocycles. The number of nitrogens with one attached hydrogen (secondary N) is 1. The Hall–Kier alpha value is -2.04. The second-order valence-corrected chi connectivity index (χ2v) is 5.07. The van der Waals surface area contributed by atoms with E-state index in [2.05, 4.69) is 37.5 Å². The van der Waals surface area contributed by atoms with Crippen molar-refractivity contribution in [3.05, 3.63) is 58.7 Å². The molecule has 1 unspecified atom stereocenters. The molecule has 0 aliphatic rings. The van der Waals surface area contributed by atoms with Crippen LogP contribution in [0.2, 0.25) is 0 Å². The van der Waals surface area contributed by atoms with Crippen molar-refractivity contribution in [2.45, 2.75) is 19.9 Å². The molecule has 0 heterocycles. The Labute approximate surface area is 125 Å². The minimum Gasteiger partial charge on any atom is -0.493 e. The fourth-order valence-corrected chi connectivity index (χ4v) is 2.55. The van der Waals surface area contributed by atoms with Crippen molar-refractivity contribution in [3.8, 4) is 11.5 Å². The molecule has 0 radical (unpaired) electrons. The molecule has 0 aromatic heterocycles. The van der Waals surface area contributed by atoms with E-state index in [1.807, 2.05) is 18.2 Å². The second-order valence-electron chi connectivity index (χ2n) is 5.07. The van der Waals surface area contributed by atoms with Crippen molar-refractivity contribution in [2.24, 2.45) is 5.84 Å². The van der Waals surface area contributed by atoms with Crippen LogP contribution in [0.3, 0.4) is 0 Å². The first-order valence-electron chi connectivity index (χ1n) is 6.86. The Kier molecular flexibility index (Phi) is 4.83. The summed E-state index contributed by atoms with van der Waals surface area (Å²) in [5.41, 5.74) is 7.50. The molecular weight excluding hydrogens is 264 g/mol. The molecule has 21 heavy (non-hydrogen) atoms. The molecule has 0 amide bonds. The summed E-state index contributed by atoms with van der Waals surface area (Å²) in [7, 11) is 3.25. The molecule has 4 heteroatoms. The van der Waals surface area contributed by atoms with E-state index in [0.717, 1.165) is 11.1 Å². The highest BCUT2D eigenvalue weighted by Gasteiger charge is 2.17. The van der Waals surface area contributed by atoms with Gasteiger partial charge in [-0.05, 0) is 42.7 Å². The van der Waals surface area contributed by atoms with Gasteiger partial charge in [-0.1, -0.05) is 29.8 Å². The quantitative estimate of drug-likeness (QED) is 0.655. The first-order valence-corrected chi connectivity index (χ1v) is 6.86. The highest BCUT2D eigenvalue weighted by Crippen LogP contribution is 2.32. The van der Waals surface area contributed by atoms with Gasteiger partial charge in [0.2, 0.25) is 0 Å². The summed E-state index contributed by atoms with van der Waals surface area (Å²) in [6.07, 6.45) is 0. The standard InChI is InChI=1S/C17H22N2O2/c1-11-5-7-14(12(2)9-11)17(19-18)13-6-8-15(20-3)16(10-13)21-4/h5-10,17,19H,18H2,1-4H3. The predicted molar refractivity (Wildman–Crippen MR) is 84.6 cm³/mol. The van der Waals surface area contributed by atoms with E-state index in [9.17, 15) is 0 Å². The third-order valence-corrected chi connectivity index (χ3v) is 3.64. The SMILES string of the molecule is COc1ccc(C(NN)c2ccc(C)cc2C)cc1OC. The minimum absolute atomic E-state index is 0.0922. The fourth-order valence-electron chi connectivity index (χ4n) is 2.55. The molecule has 0 saturated carbocycles. The van der Waals surface area contributed by atoms with Crippen molar-refractivity contribution in [3.63, 3.8) is 0 Å². The summed E-state index contributed by atoms with van der Waals surface area (Å²) in [5.74, 6) is 7.18.